The number of hydrogen-bond donors (Lipinski definition) is 1. The number of nitrogens with one attached hydrogen (secondary N) is 1. The Hall–Kier alpha value is -2.53. The molecule has 0 unspecified atom stereocenters. The second kappa shape index (κ2) is 8.36. The molecule has 1 N–H and O–H groups in total. The summed E-state index contributed by atoms with van der Waals surface area (Å²) in [7, 11) is 1.53. The fraction of sp³-hybridized carbons (Fsp3) is 0.222. The van der Waals surface area contributed by atoms with E-state index in [0.29, 0.717) is 23.0 Å². The van der Waals surface area contributed by atoms with Gasteiger partial charge in [-0.1, -0.05) is 35.9 Å². The standard InChI is InChI=1S/C18H19ClN2O3/c1-13(22)21(16-5-3-4-6-17(16)24-2)12-18(23)20-11-14-7-9-15(19)10-8-14/h3-10H,11-12H2,1-2H3,(H,20,23). The number of halogens is 1. The lowest BCUT2D eigenvalue weighted by molar-refractivity contribution is -0.123. The van der Waals surface area contributed by atoms with Crippen molar-refractivity contribution in [1.82, 2.24) is 5.32 Å². The van der Waals surface area contributed by atoms with E-state index in [1.165, 1.54) is 18.9 Å². The molecule has 0 radical (unpaired) electrons. The van der Waals surface area contributed by atoms with Crippen molar-refractivity contribution in [1.29, 1.82) is 0 Å². The topological polar surface area (TPSA) is 58.6 Å². The molecule has 5 nitrogen and oxygen atoms in total. The molecule has 2 rings (SSSR count). The largest absolute Gasteiger partial charge is 0.495 e. The third kappa shape index (κ3) is 4.73. The van der Waals surface area contributed by atoms with Crippen LogP contribution in [0.3, 0.4) is 0 Å². The van der Waals surface area contributed by atoms with E-state index in [2.05, 4.69) is 5.32 Å². The van der Waals surface area contributed by atoms with Gasteiger partial charge in [-0.25, -0.2) is 0 Å². The molecule has 0 saturated heterocycles. The normalized spacial score (nSPS) is 10.1. The fourth-order valence-electron chi connectivity index (χ4n) is 2.22. The van der Waals surface area contributed by atoms with Gasteiger partial charge in [0.15, 0.2) is 0 Å². The lowest BCUT2D eigenvalue weighted by Crippen LogP contribution is -2.39. The van der Waals surface area contributed by atoms with E-state index in [1.54, 1.807) is 36.4 Å². The Balaban J connectivity index is 2.03. The van der Waals surface area contributed by atoms with Crippen LogP contribution in [0, 0.1) is 0 Å². The number of hydrogen-bond acceptors (Lipinski definition) is 3. The van der Waals surface area contributed by atoms with E-state index in [-0.39, 0.29) is 18.4 Å². The molecule has 0 aliphatic carbocycles. The van der Waals surface area contributed by atoms with Crippen molar-refractivity contribution >= 4 is 29.1 Å². The summed E-state index contributed by atoms with van der Waals surface area (Å²) in [4.78, 5) is 25.5. The van der Waals surface area contributed by atoms with Gasteiger partial charge in [0.1, 0.15) is 12.3 Å². The number of anilines is 1. The average molecular weight is 347 g/mol. The number of rotatable bonds is 6. The van der Waals surface area contributed by atoms with Crippen molar-refractivity contribution in [2.45, 2.75) is 13.5 Å². The fourth-order valence-corrected chi connectivity index (χ4v) is 2.35. The Morgan fingerprint density at radius 3 is 2.42 bits per heavy atom. The van der Waals surface area contributed by atoms with Crippen LogP contribution in [0.2, 0.25) is 5.02 Å². The van der Waals surface area contributed by atoms with E-state index >= 15 is 0 Å². The predicted octanol–water partition coefficient (Wildman–Crippen LogP) is 3.02. The summed E-state index contributed by atoms with van der Waals surface area (Å²) >= 11 is 5.83. The summed E-state index contributed by atoms with van der Waals surface area (Å²) in [5.74, 6) is 0.0467. The zero-order valence-corrected chi connectivity index (χ0v) is 14.3. The molecule has 0 aliphatic rings. The third-order valence-electron chi connectivity index (χ3n) is 3.46. The number of para-hydroxylation sites is 2. The first-order valence-electron chi connectivity index (χ1n) is 7.43. The van der Waals surface area contributed by atoms with E-state index in [0.717, 1.165) is 5.56 Å². The highest BCUT2D eigenvalue weighted by Crippen LogP contribution is 2.27. The second-order valence-corrected chi connectivity index (χ2v) is 5.62. The van der Waals surface area contributed by atoms with E-state index in [1.807, 2.05) is 12.1 Å². The number of ether oxygens (including phenoxy) is 1. The van der Waals surface area contributed by atoms with Crippen LogP contribution in [0.1, 0.15) is 12.5 Å². The van der Waals surface area contributed by atoms with Crippen LogP contribution in [0.15, 0.2) is 48.5 Å². The Labute approximate surface area is 146 Å². The maximum absolute atomic E-state index is 12.2. The minimum atomic E-state index is -0.258. The summed E-state index contributed by atoms with van der Waals surface area (Å²) < 4.78 is 5.26. The maximum atomic E-state index is 12.2. The zero-order chi connectivity index (χ0) is 17.5. The molecule has 0 saturated carbocycles. The van der Waals surface area contributed by atoms with Crippen LogP contribution in [-0.2, 0) is 16.1 Å². The van der Waals surface area contributed by atoms with E-state index in [9.17, 15) is 9.59 Å². The molecular weight excluding hydrogens is 328 g/mol. The van der Waals surface area contributed by atoms with Crippen molar-refractivity contribution in [3.63, 3.8) is 0 Å². The Kier molecular flexibility index (Phi) is 6.21. The minimum Gasteiger partial charge on any atom is -0.495 e. The number of amides is 2. The van der Waals surface area contributed by atoms with Gasteiger partial charge in [0.05, 0.1) is 12.8 Å². The van der Waals surface area contributed by atoms with Gasteiger partial charge in [-0.2, -0.15) is 0 Å². The smallest absolute Gasteiger partial charge is 0.240 e. The van der Waals surface area contributed by atoms with Crippen molar-refractivity contribution < 1.29 is 14.3 Å². The summed E-state index contributed by atoms with van der Waals surface area (Å²) in [5.41, 5.74) is 1.49. The lowest BCUT2D eigenvalue weighted by Gasteiger charge is -2.22. The van der Waals surface area contributed by atoms with E-state index < -0.39 is 0 Å². The molecule has 2 aromatic rings. The summed E-state index contributed by atoms with van der Waals surface area (Å²) in [6.07, 6.45) is 0. The first-order valence-corrected chi connectivity index (χ1v) is 7.81. The molecule has 0 fully saturated rings. The number of carbonyl (C=O) groups excluding carboxylic acids is 2. The molecule has 0 atom stereocenters. The second-order valence-electron chi connectivity index (χ2n) is 5.18. The zero-order valence-electron chi connectivity index (χ0n) is 13.6. The molecular formula is C18H19ClN2O3. The number of nitrogens with zero attached hydrogens (tertiary/aromatic N) is 1. The SMILES string of the molecule is COc1ccccc1N(CC(=O)NCc1ccc(Cl)cc1)C(C)=O. The molecule has 6 heteroatoms. The molecule has 2 aromatic carbocycles. The molecule has 126 valence electrons. The van der Waals surface area contributed by atoms with Crippen LogP contribution in [0.25, 0.3) is 0 Å². The quantitative estimate of drug-likeness (QED) is 0.874. The van der Waals surface area contributed by atoms with Gasteiger partial charge in [-0.05, 0) is 29.8 Å². The minimum absolute atomic E-state index is 0.0801. The van der Waals surface area contributed by atoms with Crippen molar-refractivity contribution in [3.05, 3.63) is 59.1 Å². The van der Waals surface area contributed by atoms with Gasteiger partial charge in [-0.15, -0.1) is 0 Å². The Morgan fingerprint density at radius 1 is 1.12 bits per heavy atom. The van der Waals surface area contributed by atoms with Crippen LogP contribution in [0.4, 0.5) is 5.69 Å². The van der Waals surface area contributed by atoms with Crippen molar-refractivity contribution in [3.8, 4) is 5.75 Å². The van der Waals surface area contributed by atoms with Crippen LogP contribution in [0.5, 0.6) is 5.75 Å². The van der Waals surface area contributed by atoms with Gasteiger partial charge >= 0.3 is 0 Å². The highest BCUT2D eigenvalue weighted by atomic mass is 35.5. The van der Waals surface area contributed by atoms with Gasteiger partial charge in [0.2, 0.25) is 11.8 Å². The highest BCUT2D eigenvalue weighted by Gasteiger charge is 2.18. The van der Waals surface area contributed by atoms with Crippen LogP contribution in [-0.4, -0.2) is 25.5 Å². The molecule has 0 aromatic heterocycles. The first-order chi connectivity index (χ1) is 11.5. The Bertz CT molecular complexity index is 716. The molecule has 24 heavy (non-hydrogen) atoms. The average Bonchev–Trinajstić information content (AvgIpc) is 2.59. The van der Waals surface area contributed by atoms with Crippen molar-refractivity contribution in [2.24, 2.45) is 0 Å². The molecule has 0 heterocycles. The van der Waals surface area contributed by atoms with Gasteiger partial charge in [-0.3, -0.25) is 14.5 Å². The molecule has 0 spiro atoms. The maximum Gasteiger partial charge on any atom is 0.240 e. The van der Waals surface area contributed by atoms with E-state index in [4.69, 9.17) is 16.3 Å². The highest BCUT2D eigenvalue weighted by molar-refractivity contribution is 6.30. The summed E-state index contributed by atoms with van der Waals surface area (Å²) in [6.45, 7) is 1.70. The monoisotopic (exact) mass is 346 g/mol. The lowest BCUT2D eigenvalue weighted by atomic mass is 10.2. The van der Waals surface area contributed by atoms with Gasteiger partial charge in [0.25, 0.3) is 0 Å². The van der Waals surface area contributed by atoms with Gasteiger partial charge < -0.3 is 10.1 Å². The number of benzene rings is 2. The summed E-state index contributed by atoms with van der Waals surface area (Å²) in [5, 5.41) is 3.44. The Morgan fingerprint density at radius 2 is 1.79 bits per heavy atom. The van der Waals surface area contributed by atoms with Crippen LogP contribution < -0.4 is 15.0 Å². The van der Waals surface area contributed by atoms with Crippen LogP contribution >= 0.6 is 11.6 Å². The molecule has 2 amide bonds. The number of carbonyl (C=O) groups is 2. The first kappa shape index (κ1) is 17.8. The molecule has 0 bridgehead atoms. The van der Waals surface area contributed by atoms with Gasteiger partial charge in [0, 0.05) is 18.5 Å². The van der Waals surface area contributed by atoms with Crippen molar-refractivity contribution in [2.75, 3.05) is 18.6 Å². The molecule has 0 aliphatic heterocycles. The predicted molar refractivity (Wildman–Crippen MR) is 94.3 cm³/mol. The number of methoxy groups -OCH3 is 1. The summed E-state index contributed by atoms with van der Waals surface area (Å²) in [6, 6.07) is 14.3. The third-order valence-corrected chi connectivity index (χ3v) is 3.71.